The van der Waals surface area contributed by atoms with Crippen LogP contribution in [0.4, 0.5) is 57.9 Å². The lowest BCUT2D eigenvalue weighted by Crippen LogP contribution is -2.19. The predicted molar refractivity (Wildman–Crippen MR) is 196 cm³/mol. The van der Waals surface area contributed by atoms with Crippen LogP contribution in [0.3, 0.4) is 0 Å². The number of anilines is 3. The molecule has 0 spiro atoms. The highest BCUT2D eigenvalue weighted by molar-refractivity contribution is 7.93. The average Bonchev–Trinajstić information content (AvgIpc) is 3.11. The standard InChI is InChI=1S/C21H15ClF6N2O4S2.C13H10F2N2O4S/c1-12-8-18(29-35(31,32)15-6-2-4-13(9-15)20(23,24)25)19(11-17(12)22)30-36(33,34)16-7-3-5-14(10-16)21(26,27)28;1-8-2-4-10(7-13(8)17(18)19)22(20,21)16-9-3-5-11(14)12(15)6-9/h2-11,29-30H,1H3;2-7,16H,1H3. The fourth-order valence-electron chi connectivity index (χ4n) is 4.66. The van der Waals surface area contributed by atoms with Crippen molar-refractivity contribution in [1.82, 2.24) is 0 Å². The molecule has 5 rings (SSSR count). The molecule has 0 radical (unpaired) electrons. The summed E-state index contributed by atoms with van der Waals surface area (Å²) in [4.78, 5) is 8.24. The van der Waals surface area contributed by atoms with Crippen molar-refractivity contribution >= 4 is 64.4 Å². The van der Waals surface area contributed by atoms with Crippen LogP contribution < -0.4 is 14.2 Å². The molecule has 12 nitrogen and oxygen atoms in total. The Bertz CT molecular complexity index is 2620. The lowest BCUT2D eigenvalue weighted by Gasteiger charge is -2.17. The van der Waals surface area contributed by atoms with Crippen LogP contribution in [0.5, 0.6) is 0 Å². The molecule has 0 atom stereocenters. The van der Waals surface area contributed by atoms with Crippen molar-refractivity contribution in [2.45, 2.75) is 40.9 Å². The normalized spacial score (nSPS) is 12.3. The van der Waals surface area contributed by atoms with E-state index in [0.717, 1.165) is 54.6 Å². The van der Waals surface area contributed by atoms with Gasteiger partial charge in [0, 0.05) is 22.7 Å². The zero-order chi connectivity index (χ0) is 43.6. The molecule has 310 valence electrons. The predicted octanol–water partition coefficient (Wildman–Crippen LogP) is 9.27. The number of rotatable bonds is 10. The Kier molecular flexibility index (Phi) is 13.1. The van der Waals surface area contributed by atoms with Crippen LogP contribution in [0.2, 0.25) is 5.02 Å². The van der Waals surface area contributed by atoms with E-state index in [4.69, 9.17) is 11.6 Å². The van der Waals surface area contributed by atoms with Gasteiger partial charge < -0.3 is 0 Å². The number of benzene rings is 5. The van der Waals surface area contributed by atoms with Crippen LogP contribution in [-0.4, -0.2) is 30.2 Å². The Labute approximate surface area is 329 Å². The number of nitrogens with one attached hydrogen (secondary N) is 3. The number of sulfonamides is 3. The van der Waals surface area contributed by atoms with E-state index in [9.17, 15) is 70.5 Å². The molecule has 0 heterocycles. The SMILES string of the molecule is Cc1cc(NS(=O)(=O)c2cccc(C(F)(F)F)c2)c(NS(=O)(=O)c2cccc(C(F)(F)F)c2)cc1Cl.Cc1ccc(S(=O)(=O)Nc2ccc(F)c(F)c2)cc1[N+](=O)[O-]. The number of hydrogen-bond donors (Lipinski definition) is 3. The summed E-state index contributed by atoms with van der Waals surface area (Å²) in [5.74, 6) is -2.33. The molecule has 0 aromatic heterocycles. The quantitative estimate of drug-likeness (QED) is 0.0704. The van der Waals surface area contributed by atoms with E-state index in [2.05, 4.69) is 0 Å². The third kappa shape index (κ3) is 11.1. The van der Waals surface area contributed by atoms with E-state index < -0.39 is 91.3 Å². The summed E-state index contributed by atoms with van der Waals surface area (Å²) in [5.41, 5.74) is -3.35. The van der Waals surface area contributed by atoms with Gasteiger partial charge in [-0.15, -0.1) is 0 Å². The average molecular weight is 901 g/mol. The van der Waals surface area contributed by atoms with Gasteiger partial charge in [0.2, 0.25) is 0 Å². The summed E-state index contributed by atoms with van der Waals surface area (Å²) in [5, 5.41) is 10.8. The minimum Gasteiger partial charge on any atom is -0.280 e. The summed E-state index contributed by atoms with van der Waals surface area (Å²) in [6.07, 6.45) is -9.65. The van der Waals surface area contributed by atoms with Crippen molar-refractivity contribution in [2.24, 2.45) is 0 Å². The second-order valence-electron chi connectivity index (χ2n) is 11.8. The van der Waals surface area contributed by atoms with E-state index in [1.54, 1.807) is 0 Å². The van der Waals surface area contributed by atoms with Crippen molar-refractivity contribution in [3.63, 3.8) is 0 Å². The number of nitro benzene ring substituents is 1. The molecule has 0 fully saturated rings. The van der Waals surface area contributed by atoms with E-state index in [1.807, 2.05) is 14.2 Å². The van der Waals surface area contributed by atoms with Gasteiger partial charge in [0.25, 0.3) is 35.8 Å². The topological polar surface area (TPSA) is 182 Å². The van der Waals surface area contributed by atoms with Gasteiger partial charge in [0.1, 0.15) is 0 Å². The number of hydrogen-bond acceptors (Lipinski definition) is 8. The summed E-state index contributed by atoms with van der Waals surface area (Å²) in [6.45, 7) is 2.91. The summed E-state index contributed by atoms with van der Waals surface area (Å²) >= 11 is 6.02. The monoisotopic (exact) mass is 900 g/mol. The summed E-state index contributed by atoms with van der Waals surface area (Å²) < 4.78 is 185. The highest BCUT2D eigenvalue weighted by atomic mass is 35.5. The van der Waals surface area contributed by atoms with Crippen molar-refractivity contribution in [3.05, 3.63) is 146 Å². The summed E-state index contributed by atoms with van der Waals surface area (Å²) in [7, 11) is -13.5. The minimum atomic E-state index is -4.83. The second kappa shape index (κ2) is 16.8. The molecule has 0 saturated heterocycles. The van der Waals surface area contributed by atoms with Crippen molar-refractivity contribution in [1.29, 1.82) is 0 Å². The minimum absolute atomic E-state index is 0.0289. The van der Waals surface area contributed by atoms with E-state index >= 15 is 0 Å². The first-order valence-electron chi connectivity index (χ1n) is 15.5. The fourth-order valence-corrected chi connectivity index (χ4v) is 8.13. The molecule has 5 aromatic rings. The van der Waals surface area contributed by atoms with Gasteiger partial charge in [-0.05, 0) is 86.1 Å². The molecule has 0 aliphatic heterocycles. The maximum atomic E-state index is 13.1. The highest BCUT2D eigenvalue weighted by Gasteiger charge is 2.33. The largest absolute Gasteiger partial charge is 0.416 e. The smallest absolute Gasteiger partial charge is 0.280 e. The zero-order valence-electron chi connectivity index (χ0n) is 29.1. The van der Waals surface area contributed by atoms with Gasteiger partial charge in [0.05, 0.1) is 47.8 Å². The van der Waals surface area contributed by atoms with Crippen LogP contribution in [0.15, 0.2) is 112 Å². The molecule has 58 heavy (non-hydrogen) atoms. The number of nitro groups is 1. The number of halogens is 9. The molecule has 24 heteroatoms. The molecule has 0 aliphatic rings. The molecule has 0 unspecified atom stereocenters. The lowest BCUT2D eigenvalue weighted by atomic mass is 10.2. The Hall–Kier alpha value is -5.52. The Morgan fingerprint density at radius 3 is 1.50 bits per heavy atom. The van der Waals surface area contributed by atoms with Gasteiger partial charge in [-0.3, -0.25) is 24.3 Å². The first-order valence-corrected chi connectivity index (χ1v) is 20.4. The third-order valence-corrected chi connectivity index (χ3v) is 12.1. The van der Waals surface area contributed by atoms with Crippen LogP contribution in [0.1, 0.15) is 22.3 Å². The molecular formula is C34H25ClF8N4O8S3. The third-order valence-electron chi connectivity index (χ3n) is 7.59. The fraction of sp³-hybridized carbons (Fsp3) is 0.118. The zero-order valence-corrected chi connectivity index (χ0v) is 32.3. The van der Waals surface area contributed by atoms with Crippen LogP contribution in [-0.2, 0) is 42.4 Å². The first kappa shape index (κ1) is 45.2. The van der Waals surface area contributed by atoms with E-state index in [-0.39, 0.29) is 26.9 Å². The van der Waals surface area contributed by atoms with Crippen LogP contribution in [0, 0.1) is 35.6 Å². The second-order valence-corrected chi connectivity index (χ2v) is 17.3. The number of nitrogens with zero attached hydrogens (tertiary/aromatic N) is 1. The molecule has 3 N–H and O–H groups in total. The Morgan fingerprint density at radius 1 is 0.569 bits per heavy atom. The molecular weight excluding hydrogens is 876 g/mol. The van der Waals surface area contributed by atoms with Gasteiger partial charge in [-0.25, -0.2) is 34.0 Å². The van der Waals surface area contributed by atoms with Gasteiger partial charge in [-0.2, -0.15) is 26.3 Å². The van der Waals surface area contributed by atoms with Gasteiger partial charge in [-0.1, -0.05) is 29.8 Å². The maximum absolute atomic E-state index is 13.1. The lowest BCUT2D eigenvalue weighted by molar-refractivity contribution is -0.385. The van der Waals surface area contributed by atoms with Crippen molar-refractivity contribution in [2.75, 3.05) is 14.2 Å². The van der Waals surface area contributed by atoms with Crippen LogP contribution in [0.25, 0.3) is 0 Å². The molecule has 5 aromatic carbocycles. The first-order chi connectivity index (χ1) is 26.6. The van der Waals surface area contributed by atoms with Gasteiger partial charge >= 0.3 is 12.4 Å². The molecule has 0 amide bonds. The number of alkyl halides is 6. The Morgan fingerprint density at radius 2 is 1.03 bits per heavy atom. The summed E-state index contributed by atoms with van der Waals surface area (Å²) in [6, 6.07) is 13.6. The molecule has 0 saturated carbocycles. The maximum Gasteiger partial charge on any atom is 0.416 e. The van der Waals surface area contributed by atoms with Gasteiger partial charge in [0.15, 0.2) is 11.6 Å². The van der Waals surface area contributed by atoms with Crippen molar-refractivity contribution < 1.29 is 65.3 Å². The molecule has 0 aliphatic carbocycles. The Balaban J connectivity index is 0.000000289. The van der Waals surface area contributed by atoms with Crippen molar-refractivity contribution in [3.8, 4) is 0 Å². The van der Waals surface area contributed by atoms with E-state index in [0.29, 0.717) is 35.9 Å². The molecule has 0 bridgehead atoms. The highest BCUT2D eigenvalue weighted by Crippen LogP contribution is 2.36. The van der Waals surface area contributed by atoms with Crippen LogP contribution >= 0.6 is 11.6 Å². The van der Waals surface area contributed by atoms with E-state index in [1.165, 1.54) is 26.0 Å². The number of aryl methyl sites for hydroxylation is 2.